The third kappa shape index (κ3) is 11.0. The largest absolute Gasteiger partial charge is 1.00 e. The molecule has 0 N–H and O–H groups in total. The maximum Gasteiger partial charge on any atom is 1.00 e. The zero-order chi connectivity index (χ0) is 3.41. The minimum atomic E-state index is -1.44. The van der Waals surface area contributed by atoms with Crippen molar-refractivity contribution in [1.29, 1.82) is 0 Å². The van der Waals surface area contributed by atoms with E-state index in [1.165, 1.54) is 4.29 Å². The van der Waals surface area contributed by atoms with Crippen molar-refractivity contribution in [3.63, 3.8) is 0 Å². The van der Waals surface area contributed by atoms with Gasteiger partial charge in [-0.1, -0.05) is 0 Å². The van der Waals surface area contributed by atoms with E-state index in [0.717, 1.165) is 0 Å². The molecule has 0 aromatic heterocycles. The van der Waals surface area contributed by atoms with Gasteiger partial charge in [-0.05, 0) is 21.2 Å². The van der Waals surface area contributed by atoms with Crippen LogP contribution in [0, 0.1) is 0 Å². The average molecular weight is 194 g/mol. The number of hydrogen-bond acceptors (Lipinski definition) is 2. The monoisotopic (exact) mass is 194 g/mol. The van der Waals surface area contributed by atoms with Crippen LogP contribution in [0.4, 0.5) is 0 Å². The maximum absolute atomic E-state index is 8.98. The second-order valence-corrected chi connectivity index (χ2v) is 1.04. The molecule has 0 unspecified atom stereocenters. The zero-order valence-electron chi connectivity index (χ0n) is 2.69. The van der Waals surface area contributed by atoms with E-state index in [0.29, 0.717) is 0 Å². The van der Waals surface area contributed by atoms with E-state index in [-0.39, 0.29) is 29.6 Å². The molecule has 24 valence electrons. The minimum Gasteiger partial charge on any atom is -0.528 e. The molecule has 0 rings (SSSR count). The zero-order valence-corrected chi connectivity index (χ0v) is 6.85. The van der Waals surface area contributed by atoms with Crippen LogP contribution in [-0.2, 0) is 7.86 Å². The number of hydrogen-bond donors (Lipinski definition) is 0. The van der Waals surface area contributed by atoms with Crippen molar-refractivity contribution >= 4 is 25.5 Å². The quantitative estimate of drug-likeness (QED) is 0.198. The fraction of sp³-hybridized carbons (Fsp3) is 0. The van der Waals surface area contributed by atoms with Crippen LogP contribution < -0.4 is 29.6 Å². The minimum absolute atomic E-state index is 0. The smallest absolute Gasteiger partial charge is 0.528 e. The van der Waals surface area contributed by atoms with Gasteiger partial charge in [-0.25, -0.2) is 0 Å². The molecule has 0 aliphatic rings. The SMILES string of the molecule is O=[C-]I=O.[Na+]. The van der Waals surface area contributed by atoms with E-state index in [4.69, 9.17) is 7.86 Å². The molecule has 0 spiro atoms. The Bertz CT molecular complexity index is 30.6. The van der Waals surface area contributed by atoms with Gasteiger partial charge in [-0.15, -0.1) is 0 Å². The van der Waals surface area contributed by atoms with Gasteiger partial charge in [0.05, 0.1) is 0 Å². The molecule has 5 heavy (non-hydrogen) atoms. The maximum atomic E-state index is 8.98. The van der Waals surface area contributed by atoms with Crippen LogP contribution in [0.15, 0.2) is 0 Å². The third-order valence-electron chi connectivity index (χ3n) is 0.0315. The summed E-state index contributed by atoms with van der Waals surface area (Å²) in [6.45, 7) is 0. The Morgan fingerprint density at radius 3 is 1.80 bits per heavy atom. The normalized spacial score (nSPS) is 4.80. The van der Waals surface area contributed by atoms with Crippen molar-refractivity contribution in [3.8, 4) is 0 Å². The molecule has 0 bridgehead atoms. The van der Waals surface area contributed by atoms with E-state index in [9.17, 15) is 0 Å². The standard InChI is InChI=1S/CIO2.Na/c3-1-2-4;/q-1;+1. The van der Waals surface area contributed by atoms with Crippen LogP contribution in [0.3, 0.4) is 0 Å². The van der Waals surface area contributed by atoms with Gasteiger partial charge in [0, 0.05) is 0 Å². The summed E-state index contributed by atoms with van der Waals surface area (Å²) in [5.74, 6) is 0. The molecule has 0 radical (unpaired) electrons. The van der Waals surface area contributed by atoms with Crippen molar-refractivity contribution in [1.82, 2.24) is 0 Å². The van der Waals surface area contributed by atoms with E-state index in [1.807, 2.05) is 0 Å². The molecule has 0 heterocycles. The summed E-state index contributed by atoms with van der Waals surface area (Å²) in [4.78, 5) is 8.78. The van der Waals surface area contributed by atoms with Crippen LogP contribution in [-0.4, -0.2) is 4.29 Å². The molecule has 0 fully saturated rings. The van der Waals surface area contributed by atoms with E-state index >= 15 is 0 Å². The molecule has 0 aliphatic heterocycles. The van der Waals surface area contributed by atoms with Gasteiger partial charge in [0.2, 0.25) is 0 Å². The fourth-order valence-corrected chi connectivity index (χ4v) is 0. The van der Waals surface area contributed by atoms with Crippen molar-refractivity contribution in [2.24, 2.45) is 0 Å². The topological polar surface area (TPSA) is 34.1 Å². The first kappa shape index (κ1) is 9.50. The predicted octanol–water partition coefficient (Wildman–Crippen LogP) is -2.63. The Morgan fingerprint density at radius 2 is 1.80 bits per heavy atom. The van der Waals surface area contributed by atoms with Crippen molar-refractivity contribution in [2.45, 2.75) is 0 Å². The molecule has 0 aliphatic carbocycles. The van der Waals surface area contributed by atoms with Crippen LogP contribution in [0.5, 0.6) is 0 Å². The van der Waals surface area contributed by atoms with Crippen molar-refractivity contribution in [2.75, 3.05) is 0 Å². The second-order valence-electron chi connectivity index (χ2n) is 0.154. The predicted molar refractivity (Wildman–Crippen MR) is 20.4 cm³/mol. The molecule has 2 nitrogen and oxygen atoms in total. The molecule has 0 aromatic carbocycles. The Kier molecular flexibility index (Phi) is 17.0. The van der Waals surface area contributed by atoms with Crippen LogP contribution in [0.1, 0.15) is 0 Å². The van der Waals surface area contributed by atoms with Gasteiger partial charge in [-0.2, -0.15) is 4.29 Å². The van der Waals surface area contributed by atoms with Crippen LogP contribution in [0.2, 0.25) is 0 Å². The molecule has 0 atom stereocenters. The van der Waals surface area contributed by atoms with Crippen LogP contribution in [0.25, 0.3) is 0 Å². The van der Waals surface area contributed by atoms with Gasteiger partial charge < -0.3 is 7.86 Å². The Balaban J connectivity index is 0. The Labute approximate surface area is 62.3 Å². The van der Waals surface area contributed by atoms with Crippen molar-refractivity contribution in [3.05, 3.63) is 0 Å². The second kappa shape index (κ2) is 8.96. The Hall–Kier alpha value is 1.20. The molecular formula is CINaO2. The summed E-state index contributed by atoms with van der Waals surface area (Å²) in [6, 6.07) is 0. The first-order valence-corrected chi connectivity index (χ1v) is 2.51. The van der Waals surface area contributed by atoms with Gasteiger partial charge >= 0.3 is 29.6 Å². The summed E-state index contributed by atoms with van der Waals surface area (Å²) < 4.78 is 10.2. The van der Waals surface area contributed by atoms with Gasteiger partial charge in [0.25, 0.3) is 0 Å². The van der Waals surface area contributed by atoms with E-state index < -0.39 is 21.2 Å². The first-order chi connectivity index (χ1) is 1.91. The van der Waals surface area contributed by atoms with Crippen molar-refractivity contribution < 1.29 is 37.4 Å². The molecule has 0 amide bonds. The van der Waals surface area contributed by atoms with E-state index in [2.05, 4.69) is 0 Å². The molecule has 0 saturated carbocycles. The molecule has 4 heteroatoms. The Morgan fingerprint density at radius 1 is 1.60 bits per heavy atom. The fourth-order valence-electron chi connectivity index (χ4n) is 0. The summed E-state index contributed by atoms with van der Waals surface area (Å²) in [5, 5.41) is 0. The number of carbonyl (C=O) groups excluding carboxylic acids is 1. The average Bonchev–Trinajstić information content (AvgIpc) is 1.37. The third-order valence-corrected chi connectivity index (χ3v) is 0.211. The molecule has 0 saturated heterocycles. The van der Waals surface area contributed by atoms with Gasteiger partial charge in [0.1, 0.15) is 0 Å². The summed E-state index contributed by atoms with van der Waals surface area (Å²) >= 11 is -1.44. The van der Waals surface area contributed by atoms with Gasteiger partial charge in [-0.3, -0.25) is 0 Å². The van der Waals surface area contributed by atoms with Crippen LogP contribution >= 0.6 is 21.2 Å². The molecule has 0 aromatic rings. The first-order valence-electron chi connectivity index (χ1n) is 0.547. The number of rotatable bonds is 1. The summed E-state index contributed by atoms with van der Waals surface area (Å²) in [6.07, 6.45) is 0. The number of halogens is 1. The molecular weight excluding hydrogens is 194 g/mol. The van der Waals surface area contributed by atoms with Gasteiger partial charge in [0.15, 0.2) is 0 Å². The summed E-state index contributed by atoms with van der Waals surface area (Å²) in [5.41, 5.74) is 0. The van der Waals surface area contributed by atoms with E-state index in [1.54, 1.807) is 0 Å². The summed E-state index contributed by atoms with van der Waals surface area (Å²) in [7, 11) is 0.